The van der Waals surface area contributed by atoms with Crippen LogP contribution in [0.4, 0.5) is 5.13 Å². The molecule has 1 amide bonds. The maximum absolute atomic E-state index is 12.3. The fraction of sp³-hybridized carbons (Fsp3) is 0.0526. The first-order valence-electron chi connectivity index (χ1n) is 7.73. The number of anilines is 1. The third-order valence-electron chi connectivity index (χ3n) is 3.79. The van der Waals surface area contributed by atoms with E-state index in [1.165, 1.54) is 11.3 Å². The molecule has 4 aromatic rings. The molecule has 0 saturated carbocycles. The molecule has 0 bridgehead atoms. The van der Waals surface area contributed by atoms with E-state index in [4.69, 9.17) is 20.8 Å². The molecule has 0 aliphatic carbocycles. The highest BCUT2D eigenvalue weighted by Crippen LogP contribution is 2.34. The number of halogens is 1. The zero-order chi connectivity index (χ0) is 18.1. The van der Waals surface area contributed by atoms with E-state index in [0.717, 1.165) is 5.39 Å². The molecule has 130 valence electrons. The summed E-state index contributed by atoms with van der Waals surface area (Å²) in [6, 6.07) is 14.3. The number of rotatable bonds is 4. The van der Waals surface area contributed by atoms with Gasteiger partial charge in [-0.15, -0.1) is 11.3 Å². The first kappa shape index (κ1) is 16.6. The number of ether oxygens (including phenoxy) is 1. The van der Waals surface area contributed by atoms with Crippen LogP contribution in [-0.2, 0) is 0 Å². The van der Waals surface area contributed by atoms with Crippen molar-refractivity contribution in [1.82, 2.24) is 4.98 Å². The van der Waals surface area contributed by atoms with Crippen LogP contribution >= 0.6 is 22.9 Å². The maximum atomic E-state index is 12.3. The van der Waals surface area contributed by atoms with Crippen molar-refractivity contribution in [2.45, 2.75) is 0 Å². The molecule has 2 aromatic heterocycles. The highest BCUT2D eigenvalue weighted by molar-refractivity contribution is 7.14. The predicted molar refractivity (Wildman–Crippen MR) is 103 cm³/mol. The summed E-state index contributed by atoms with van der Waals surface area (Å²) in [4.78, 5) is 16.7. The zero-order valence-electron chi connectivity index (χ0n) is 13.7. The number of fused-ring (bicyclic) bond motifs is 1. The molecule has 1 N–H and O–H groups in total. The van der Waals surface area contributed by atoms with Crippen LogP contribution in [0.1, 0.15) is 10.4 Å². The minimum absolute atomic E-state index is 0.264. The van der Waals surface area contributed by atoms with Crippen LogP contribution in [0.25, 0.3) is 22.4 Å². The van der Waals surface area contributed by atoms with Crippen LogP contribution in [0.3, 0.4) is 0 Å². The Labute approximate surface area is 158 Å². The number of aromatic nitrogens is 1. The predicted octanol–water partition coefficient (Wildman–Crippen LogP) is 5.47. The molecule has 0 saturated heterocycles. The van der Waals surface area contributed by atoms with Gasteiger partial charge in [-0.05, 0) is 30.3 Å². The van der Waals surface area contributed by atoms with Gasteiger partial charge in [-0.1, -0.05) is 29.8 Å². The molecule has 2 heterocycles. The summed E-state index contributed by atoms with van der Waals surface area (Å²) in [5.74, 6) is 1.02. The van der Waals surface area contributed by atoms with Crippen LogP contribution in [0.5, 0.6) is 5.75 Å². The maximum Gasteiger partial charge on any atom is 0.257 e. The van der Waals surface area contributed by atoms with E-state index in [9.17, 15) is 4.79 Å². The number of benzene rings is 2. The molecule has 26 heavy (non-hydrogen) atoms. The number of nitrogens with zero attached hydrogens (tertiary/aromatic N) is 1. The highest BCUT2D eigenvalue weighted by Gasteiger charge is 2.14. The van der Waals surface area contributed by atoms with Gasteiger partial charge in [-0.2, -0.15) is 0 Å². The van der Waals surface area contributed by atoms with Crippen LogP contribution in [0, 0.1) is 0 Å². The lowest BCUT2D eigenvalue weighted by Crippen LogP contribution is -2.11. The van der Waals surface area contributed by atoms with E-state index in [1.807, 2.05) is 29.6 Å². The van der Waals surface area contributed by atoms with Crippen LogP contribution in [0.2, 0.25) is 5.02 Å². The monoisotopic (exact) mass is 384 g/mol. The van der Waals surface area contributed by atoms with Crippen LogP contribution in [0.15, 0.2) is 58.3 Å². The first-order chi connectivity index (χ1) is 12.6. The second-order valence-corrected chi connectivity index (χ2v) is 6.79. The van der Waals surface area contributed by atoms with E-state index in [-0.39, 0.29) is 5.91 Å². The lowest BCUT2D eigenvalue weighted by atomic mass is 10.2. The minimum atomic E-state index is -0.264. The summed E-state index contributed by atoms with van der Waals surface area (Å²) >= 11 is 7.25. The number of para-hydroxylation sites is 1. The summed E-state index contributed by atoms with van der Waals surface area (Å²) in [5, 5.41) is 6.53. The second-order valence-electron chi connectivity index (χ2n) is 5.49. The van der Waals surface area contributed by atoms with Gasteiger partial charge in [0.1, 0.15) is 5.69 Å². The quantitative estimate of drug-likeness (QED) is 0.506. The summed E-state index contributed by atoms with van der Waals surface area (Å²) in [6.07, 6.45) is 0. The van der Waals surface area contributed by atoms with Crippen molar-refractivity contribution in [3.8, 4) is 17.2 Å². The number of hydrogen-bond acceptors (Lipinski definition) is 5. The number of amides is 1. The number of thiazole rings is 1. The Kier molecular flexibility index (Phi) is 4.36. The third kappa shape index (κ3) is 3.16. The molecule has 0 radical (unpaired) electrons. The molecule has 0 fully saturated rings. The molecule has 7 heteroatoms. The first-order valence-corrected chi connectivity index (χ1v) is 8.99. The molecular formula is C19H13ClN2O3S. The highest BCUT2D eigenvalue weighted by atomic mass is 35.5. The Morgan fingerprint density at radius 2 is 2.08 bits per heavy atom. The van der Waals surface area contributed by atoms with Gasteiger partial charge >= 0.3 is 0 Å². The fourth-order valence-corrected chi connectivity index (χ4v) is 3.45. The van der Waals surface area contributed by atoms with Crippen molar-refractivity contribution in [1.29, 1.82) is 0 Å². The lowest BCUT2D eigenvalue weighted by molar-refractivity contribution is 0.102. The Hall–Kier alpha value is -2.83. The van der Waals surface area contributed by atoms with Crippen molar-refractivity contribution in [2.75, 3.05) is 12.4 Å². The number of furan rings is 1. The molecule has 2 aromatic carbocycles. The van der Waals surface area contributed by atoms with Gasteiger partial charge in [0, 0.05) is 21.4 Å². The minimum Gasteiger partial charge on any atom is -0.493 e. The van der Waals surface area contributed by atoms with Gasteiger partial charge < -0.3 is 9.15 Å². The molecule has 5 nitrogen and oxygen atoms in total. The normalized spacial score (nSPS) is 10.8. The van der Waals surface area contributed by atoms with Gasteiger partial charge in [0.25, 0.3) is 5.91 Å². The Bertz CT molecular complexity index is 1100. The van der Waals surface area contributed by atoms with E-state index in [0.29, 0.717) is 38.5 Å². The topological polar surface area (TPSA) is 64.4 Å². The number of carbonyl (C=O) groups excluding carboxylic acids is 1. The standard InChI is InChI=1S/C19H13ClN2O3S/c1-24-15-7-3-4-11-9-16(25-17(11)15)14-10-26-19(21-14)22-18(23)12-5-2-6-13(20)8-12/h2-10H,1H3,(H,21,22,23). The van der Waals surface area contributed by atoms with Crippen molar-refractivity contribution in [3.63, 3.8) is 0 Å². The van der Waals surface area contributed by atoms with E-state index in [1.54, 1.807) is 31.4 Å². The summed E-state index contributed by atoms with van der Waals surface area (Å²) in [5.41, 5.74) is 1.79. The van der Waals surface area contributed by atoms with E-state index >= 15 is 0 Å². The molecule has 0 aliphatic rings. The molecule has 0 aliphatic heterocycles. The Balaban J connectivity index is 1.59. The average molecular weight is 385 g/mol. The van der Waals surface area contributed by atoms with Gasteiger partial charge in [-0.3, -0.25) is 10.1 Å². The van der Waals surface area contributed by atoms with Crippen molar-refractivity contribution in [2.24, 2.45) is 0 Å². The van der Waals surface area contributed by atoms with E-state index < -0.39 is 0 Å². The summed E-state index contributed by atoms with van der Waals surface area (Å²) < 4.78 is 11.2. The average Bonchev–Trinajstić information content (AvgIpc) is 3.27. The molecular weight excluding hydrogens is 372 g/mol. The fourth-order valence-electron chi connectivity index (χ4n) is 2.57. The summed E-state index contributed by atoms with van der Waals surface area (Å²) in [7, 11) is 1.60. The largest absolute Gasteiger partial charge is 0.493 e. The van der Waals surface area contributed by atoms with Crippen LogP contribution < -0.4 is 10.1 Å². The molecule has 0 unspecified atom stereocenters. The Morgan fingerprint density at radius 3 is 2.88 bits per heavy atom. The Morgan fingerprint density at radius 1 is 1.23 bits per heavy atom. The number of methoxy groups -OCH3 is 1. The van der Waals surface area contributed by atoms with Gasteiger partial charge in [0.15, 0.2) is 22.2 Å². The molecule has 4 rings (SSSR count). The zero-order valence-corrected chi connectivity index (χ0v) is 15.2. The number of nitrogens with one attached hydrogen (secondary N) is 1. The molecule has 0 atom stereocenters. The lowest BCUT2D eigenvalue weighted by Gasteiger charge is -2.01. The molecule has 0 spiro atoms. The van der Waals surface area contributed by atoms with Gasteiger partial charge in [0.2, 0.25) is 0 Å². The van der Waals surface area contributed by atoms with E-state index in [2.05, 4.69) is 10.3 Å². The smallest absolute Gasteiger partial charge is 0.257 e. The summed E-state index contributed by atoms with van der Waals surface area (Å²) in [6.45, 7) is 0. The van der Waals surface area contributed by atoms with Crippen molar-refractivity contribution in [3.05, 3.63) is 64.5 Å². The second kappa shape index (κ2) is 6.82. The third-order valence-corrected chi connectivity index (χ3v) is 4.78. The van der Waals surface area contributed by atoms with Gasteiger partial charge in [-0.25, -0.2) is 4.98 Å². The number of hydrogen-bond donors (Lipinski definition) is 1. The number of carbonyl (C=O) groups is 1. The van der Waals surface area contributed by atoms with Crippen molar-refractivity contribution >= 4 is 44.9 Å². The van der Waals surface area contributed by atoms with Gasteiger partial charge in [0.05, 0.1) is 7.11 Å². The van der Waals surface area contributed by atoms with Crippen molar-refractivity contribution < 1.29 is 13.9 Å². The van der Waals surface area contributed by atoms with Crippen LogP contribution in [-0.4, -0.2) is 18.0 Å². The SMILES string of the molecule is COc1cccc2cc(-c3csc(NC(=O)c4cccc(Cl)c4)n3)oc12.